The van der Waals surface area contributed by atoms with Gasteiger partial charge in [0.2, 0.25) is 5.91 Å². The van der Waals surface area contributed by atoms with Crippen LogP contribution in [0.1, 0.15) is 34.5 Å². The van der Waals surface area contributed by atoms with Crippen LogP contribution in [0.4, 0.5) is 0 Å². The number of hydrogen-bond acceptors (Lipinski definition) is 6. The molecule has 2 saturated heterocycles. The van der Waals surface area contributed by atoms with Crippen molar-refractivity contribution in [2.24, 2.45) is 0 Å². The van der Waals surface area contributed by atoms with E-state index in [2.05, 4.69) is 73.9 Å². The average molecular weight is 536 g/mol. The van der Waals surface area contributed by atoms with Gasteiger partial charge in [0.1, 0.15) is 0 Å². The number of rotatable bonds is 9. The second kappa shape index (κ2) is 12.9. The molecular weight excluding hydrogens is 502 g/mol. The third kappa shape index (κ3) is 6.92. The number of carbonyl (C=O) groups excluding carboxylic acids is 1. The summed E-state index contributed by atoms with van der Waals surface area (Å²) in [7, 11) is 0. The number of amides is 1. The van der Waals surface area contributed by atoms with E-state index in [0.717, 1.165) is 55.5 Å². The lowest BCUT2D eigenvalue weighted by atomic mass is 9.96. The van der Waals surface area contributed by atoms with E-state index < -0.39 is 0 Å². The predicted molar refractivity (Wildman–Crippen MR) is 152 cm³/mol. The highest BCUT2D eigenvalue weighted by atomic mass is 35.5. The topological polar surface area (TPSA) is 60.5 Å². The van der Waals surface area contributed by atoms with Gasteiger partial charge >= 0.3 is 0 Å². The molecule has 2 N–H and O–H groups in total. The van der Waals surface area contributed by atoms with Crippen LogP contribution in [-0.4, -0.2) is 71.8 Å². The molecule has 1 amide bonds. The highest BCUT2D eigenvalue weighted by molar-refractivity contribution is 7.99. The molecule has 8 heteroatoms. The Morgan fingerprint density at radius 3 is 2.51 bits per heavy atom. The fourth-order valence-corrected chi connectivity index (χ4v) is 6.47. The molecule has 37 heavy (non-hydrogen) atoms. The first kappa shape index (κ1) is 26.2. The summed E-state index contributed by atoms with van der Waals surface area (Å²) in [5, 5.41) is 7.46. The fraction of sp³-hybridized carbons (Fsp3) is 0.379. The minimum Gasteiger partial charge on any atom is -0.355 e. The van der Waals surface area contributed by atoms with Crippen molar-refractivity contribution in [3.05, 3.63) is 101 Å². The van der Waals surface area contributed by atoms with E-state index in [9.17, 15) is 4.79 Å². The van der Waals surface area contributed by atoms with Crippen LogP contribution in [0, 0.1) is 0 Å². The summed E-state index contributed by atoms with van der Waals surface area (Å²) in [6, 6.07) is 23.0. The molecule has 2 aliphatic rings. The largest absolute Gasteiger partial charge is 0.355 e. The molecule has 194 valence electrons. The van der Waals surface area contributed by atoms with E-state index >= 15 is 0 Å². The number of aromatic nitrogens is 1. The van der Waals surface area contributed by atoms with Crippen LogP contribution >= 0.6 is 23.4 Å². The van der Waals surface area contributed by atoms with Gasteiger partial charge in [0.15, 0.2) is 0 Å². The molecule has 3 aromatic rings. The van der Waals surface area contributed by atoms with Gasteiger partial charge in [-0.25, -0.2) is 0 Å². The van der Waals surface area contributed by atoms with Gasteiger partial charge in [0, 0.05) is 55.9 Å². The Hall–Kier alpha value is -2.42. The molecule has 0 saturated carbocycles. The molecule has 6 nitrogen and oxygen atoms in total. The first-order chi connectivity index (χ1) is 18.2. The number of thioether (sulfide) groups is 1. The molecule has 0 aliphatic carbocycles. The normalized spacial score (nSPS) is 21.5. The van der Waals surface area contributed by atoms with E-state index in [1.807, 2.05) is 24.4 Å². The second-order valence-electron chi connectivity index (χ2n) is 9.61. The van der Waals surface area contributed by atoms with Crippen LogP contribution in [0.2, 0.25) is 5.02 Å². The maximum Gasteiger partial charge on any atom is 0.238 e. The molecule has 3 heterocycles. The SMILES string of the molecule is O=C(NCCCN1CCN([C@H](c2ccccc2)c2ccc(Cl)cc2)CC1)C1CSC(c2cccnc2)N1. The highest BCUT2D eigenvalue weighted by Crippen LogP contribution is 2.32. The first-order valence-corrected chi connectivity index (χ1v) is 14.4. The van der Waals surface area contributed by atoms with Gasteiger partial charge in [-0.2, -0.15) is 0 Å². The zero-order valence-corrected chi connectivity index (χ0v) is 22.5. The Bertz CT molecular complexity index is 1130. The first-order valence-electron chi connectivity index (χ1n) is 13.0. The Morgan fingerprint density at radius 2 is 1.78 bits per heavy atom. The predicted octanol–water partition coefficient (Wildman–Crippen LogP) is 4.35. The number of halogens is 1. The fourth-order valence-electron chi connectivity index (χ4n) is 5.12. The summed E-state index contributed by atoms with van der Waals surface area (Å²) < 4.78 is 0. The number of benzene rings is 2. The molecule has 2 aromatic carbocycles. The van der Waals surface area contributed by atoms with Crippen molar-refractivity contribution < 1.29 is 4.79 Å². The van der Waals surface area contributed by atoms with Crippen molar-refractivity contribution in [1.82, 2.24) is 25.4 Å². The molecule has 3 atom stereocenters. The third-order valence-electron chi connectivity index (χ3n) is 7.11. The molecule has 5 rings (SSSR count). The van der Waals surface area contributed by atoms with Crippen molar-refractivity contribution in [2.75, 3.05) is 45.0 Å². The van der Waals surface area contributed by atoms with Gasteiger partial charge in [-0.3, -0.25) is 20.0 Å². The van der Waals surface area contributed by atoms with Gasteiger partial charge in [-0.1, -0.05) is 60.1 Å². The van der Waals surface area contributed by atoms with Crippen LogP contribution in [0.25, 0.3) is 0 Å². The average Bonchev–Trinajstić information content (AvgIpc) is 3.45. The van der Waals surface area contributed by atoms with Gasteiger partial charge in [0.25, 0.3) is 0 Å². The van der Waals surface area contributed by atoms with Gasteiger partial charge in [-0.15, -0.1) is 11.8 Å². The van der Waals surface area contributed by atoms with E-state index in [0.29, 0.717) is 6.54 Å². The zero-order valence-electron chi connectivity index (χ0n) is 20.9. The number of pyridine rings is 1. The van der Waals surface area contributed by atoms with E-state index in [-0.39, 0.29) is 23.4 Å². The standard InChI is InChI=1S/C29H34ClN5OS/c30-25-11-9-23(10-12-25)27(22-6-2-1-3-7-22)35-18-16-34(17-19-35)15-5-14-32-28(36)26-21-37-29(33-26)24-8-4-13-31-20-24/h1-4,6-13,20,26-27,29,33H,5,14-19,21H2,(H,32,36)/t26?,27-,29?/m1/s1. The number of nitrogens with zero attached hydrogens (tertiary/aromatic N) is 3. The number of hydrogen-bond donors (Lipinski definition) is 2. The van der Waals surface area contributed by atoms with Crippen molar-refractivity contribution >= 4 is 29.3 Å². The summed E-state index contributed by atoms with van der Waals surface area (Å²) in [6.45, 7) is 5.77. The van der Waals surface area contributed by atoms with Crippen LogP contribution in [0.5, 0.6) is 0 Å². The maximum atomic E-state index is 12.7. The van der Waals surface area contributed by atoms with Gasteiger partial charge < -0.3 is 10.2 Å². The molecular formula is C29H34ClN5OS. The minimum atomic E-state index is -0.151. The van der Waals surface area contributed by atoms with Crippen LogP contribution in [-0.2, 0) is 4.79 Å². The quantitative estimate of drug-likeness (QED) is 0.397. The van der Waals surface area contributed by atoms with E-state index in [1.165, 1.54) is 11.1 Å². The second-order valence-corrected chi connectivity index (χ2v) is 11.2. The molecule has 0 radical (unpaired) electrons. The summed E-state index contributed by atoms with van der Waals surface area (Å²) in [4.78, 5) is 21.9. The highest BCUT2D eigenvalue weighted by Gasteiger charge is 2.30. The lowest BCUT2D eigenvalue weighted by Crippen LogP contribution is -2.48. The number of piperazine rings is 1. The van der Waals surface area contributed by atoms with Crippen molar-refractivity contribution in [3.8, 4) is 0 Å². The Labute approximate surface area is 228 Å². The van der Waals surface area contributed by atoms with Crippen LogP contribution < -0.4 is 10.6 Å². The van der Waals surface area contributed by atoms with Crippen LogP contribution in [0.3, 0.4) is 0 Å². The summed E-state index contributed by atoms with van der Waals surface area (Å²) in [5.41, 5.74) is 3.70. The molecule has 1 aromatic heterocycles. The van der Waals surface area contributed by atoms with Gasteiger partial charge in [-0.05, 0) is 47.9 Å². The number of carbonyl (C=O) groups is 1. The molecule has 2 aliphatic heterocycles. The molecule has 0 spiro atoms. The Kier molecular flexibility index (Phi) is 9.13. The van der Waals surface area contributed by atoms with Crippen molar-refractivity contribution in [3.63, 3.8) is 0 Å². The van der Waals surface area contributed by atoms with Crippen LogP contribution in [0.15, 0.2) is 79.1 Å². The summed E-state index contributed by atoms with van der Waals surface area (Å²) in [6.07, 6.45) is 4.59. The lowest BCUT2D eigenvalue weighted by Gasteiger charge is -2.40. The molecule has 2 unspecified atom stereocenters. The maximum absolute atomic E-state index is 12.7. The Balaban J connectivity index is 1.06. The third-order valence-corrected chi connectivity index (χ3v) is 8.63. The zero-order chi connectivity index (χ0) is 25.5. The smallest absolute Gasteiger partial charge is 0.238 e. The lowest BCUT2D eigenvalue weighted by molar-refractivity contribution is -0.122. The number of nitrogens with one attached hydrogen (secondary N) is 2. The molecule has 2 fully saturated rings. The monoisotopic (exact) mass is 535 g/mol. The Morgan fingerprint density at radius 1 is 1.03 bits per heavy atom. The summed E-state index contributed by atoms with van der Waals surface area (Å²) >= 11 is 7.92. The van der Waals surface area contributed by atoms with E-state index in [1.54, 1.807) is 18.0 Å². The van der Waals surface area contributed by atoms with E-state index in [4.69, 9.17) is 11.6 Å². The minimum absolute atomic E-state index is 0.0948. The summed E-state index contributed by atoms with van der Waals surface area (Å²) in [5.74, 6) is 0.876. The van der Waals surface area contributed by atoms with Crippen molar-refractivity contribution in [1.29, 1.82) is 0 Å². The van der Waals surface area contributed by atoms with Crippen molar-refractivity contribution in [2.45, 2.75) is 23.9 Å². The van der Waals surface area contributed by atoms with Gasteiger partial charge in [0.05, 0.1) is 17.5 Å². The molecule has 0 bridgehead atoms.